The molecule has 0 bridgehead atoms. The minimum atomic E-state index is -10.4. The zero-order valence-corrected chi connectivity index (χ0v) is 24.8. The van der Waals surface area contributed by atoms with Crippen molar-refractivity contribution < 1.29 is 64.1 Å². The van der Waals surface area contributed by atoms with Crippen molar-refractivity contribution in [1.29, 1.82) is 5.26 Å². The number of alkyl halides is 7. The first kappa shape index (κ1) is 36.9. The maximum Gasteiger partial charge on any atom is 0.453 e. The molecule has 2 amide bonds. The second kappa shape index (κ2) is 11.6. The second-order valence-corrected chi connectivity index (χ2v) is 13.8. The standard InChI is InChI=1S/C27H24F13N5O2S/c28-16-11-15(12-42-13-16)21(23(46)43-17-5-8-25(29,30)9-6-17)45(18-1-3-19(4-2-18)48(36,37,38,39)40)24(47)22-20(7-10-44(22)14-41)26(31,32)27(33,34)35/h1-4,11-13,17,20-22H,5-10H2,(H,43,46). The molecule has 1 aliphatic heterocycles. The van der Waals surface area contributed by atoms with Gasteiger partial charge in [-0.1, -0.05) is 19.4 Å². The Morgan fingerprint density at radius 2 is 1.58 bits per heavy atom. The molecule has 1 aromatic heterocycles. The van der Waals surface area contributed by atoms with Crippen LogP contribution in [-0.4, -0.2) is 58.3 Å². The van der Waals surface area contributed by atoms with E-state index in [9.17, 15) is 69.4 Å². The number of nitrogens with zero attached hydrogens (tertiary/aromatic N) is 4. The van der Waals surface area contributed by atoms with Crippen LogP contribution in [-0.2, 0) is 9.59 Å². The number of nitrogens with one attached hydrogen (secondary N) is 1. The Balaban J connectivity index is 1.91. The third kappa shape index (κ3) is 7.68. The Kier molecular flexibility index (Phi) is 8.90. The SMILES string of the molecule is N#CN1CCC(C(F)(F)C(F)(F)F)C1C(=O)N(c1ccc(S(F)(F)(F)(F)F)cc1)C(C(=O)NC1CCC(F)(F)CC1)c1cncc(F)c1. The van der Waals surface area contributed by atoms with E-state index < -0.39 is 112 Å². The molecule has 1 saturated heterocycles. The fraction of sp³-hybridized carbons (Fsp3) is 0.481. The van der Waals surface area contributed by atoms with Crippen LogP contribution in [0, 0.1) is 23.2 Å². The Labute approximate surface area is 263 Å². The third-order valence-corrected chi connectivity index (χ3v) is 9.20. The van der Waals surface area contributed by atoms with E-state index in [4.69, 9.17) is 0 Å². The third-order valence-electron chi connectivity index (χ3n) is 8.03. The summed E-state index contributed by atoms with van der Waals surface area (Å²) in [6, 6.07) is -5.71. The number of aromatic nitrogens is 1. The summed E-state index contributed by atoms with van der Waals surface area (Å²) in [5.41, 5.74) is -1.59. The number of rotatable bonds is 8. The summed E-state index contributed by atoms with van der Waals surface area (Å²) < 4.78 is 179. The van der Waals surface area contributed by atoms with Crippen molar-refractivity contribution in [3.8, 4) is 6.19 Å². The number of benzene rings is 1. The van der Waals surface area contributed by atoms with Crippen molar-refractivity contribution in [1.82, 2.24) is 15.2 Å². The molecule has 0 radical (unpaired) electrons. The van der Waals surface area contributed by atoms with Gasteiger partial charge >= 0.3 is 22.3 Å². The highest BCUT2D eigenvalue weighted by atomic mass is 32.5. The molecule has 2 heterocycles. The summed E-state index contributed by atoms with van der Waals surface area (Å²) in [7, 11) is -10.4. The van der Waals surface area contributed by atoms with E-state index in [1.807, 2.05) is 0 Å². The lowest BCUT2D eigenvalue weighted by Gasteiger charge is -2.41. The molecular weight excluding hydrogens is 705 g/mol. The van der Waals surface area contributed by atoms with Crippen molar-refractivity contribution in [2.24, 2.45) is 5.92 Å². The van der Waals surface area contributed by atoms with Crippen molar-refractivity contribution in [2.75, 3.05) is 11.4 Å². The average molecular weight is 730 g/mol. The maximum absolute atomic E-state index is 14.8. The van der Waals surface area contributed by atoms with E-state index >= 15 is 0 Å². The van der Waals surface area contributed by atoms with E-state index in [1.54, 1.807) is 0 Å². The molecular formula is C27H24F13N5O2S. The molecule has 1 aromatic carbocycles. The fourth-order valence-corrected chi connectivity index (χ4v) is 6.32. The Hall–Kier alpha value is -3.96. The number of carbonyl (C=O) groups excluding carboxylic acids is 2. The van der Waals surface area contributed by atoms with Crippen molar-refractivity contribution >= 4 is 27.7 Å². The van der Waals surface area contributed by atoms with E-state index in [0.717, 1.165) is 6.20 Å². The number of hydrogen-bond donors (Lipinski definition) is 1. The Bertz CT molecular complexity index is 1590. The molecule has 2 fully saturated rings. The van der Waals surface area contributed by atoms with Crippen LogP contribution < -0.4 is 10.2 Å². The molecule has 3 atom stereocenters. The lowest BCUT2D eigenvalue weighted by molar-refractivity contribution is -0.303. The van der Waals surface area contributed by atoms with E-state index in [1.165, 1.54) is 6.19 Å². The molecule has 7 nitrogen and oxygen atoms in total. The highest BCUT2D eigenvalue weighted by Gasteiger charge is 2.68. The van der Waals surface area contributed by atoms with Crippen LogP contribution >= 0.6 is 10.2 Å². The molecule has 1 saturated carbocycles. The number of hydrogen-bond acceptors (Lipinski definition) is 5. The number of pyridine rings is 1. The van der Waals surface area contributed by atoms with Gasteiger partial charge in [-0.15, -0.1) is 0 Å². The lowest BCUT2D eigenvalue weighted by Crippen LogP contribution is -2.57. The van der Waals surface area contributed by atoms with Gasteiger partial charge in [0.05, 0.1) is 12.1 Å². The topological polar surface area (TPSA) is 89.3 Å². The summed E-state index contributed by atoms with van der Waals surface area (Å²) in [5, 5.41) is 11.8. The molecule has 1 aliphatic carbocycles. The van der Waals surface area contributed by atoms with Gasteiger partial charge in [0, 0.05) is 42.9 Å². The van der Waals surface area contributed by atoms with Gasteiger partial charge in [0.2, 0.25) is 11.8 Å². The first-order chi connectivity index (χ1) is 21.8. The quantitative estimate of drug-likeness (QED) is 0.220. The minimum Gasteiger partial charge on any atom is -0.351 e. The van der Waals surface area contributed by atoms with Crippen LogP contribution in [0.5, 0.6) is 0 Å². The molecule has 1 N–H and O–H groups in total. The molecule has 3 unspecified atom stereocenters. The second-order valence-electron chi connectivity index (χ2n) is 11.4. The van der Waals surface area contributed by atoms with Gasteiger partial charge in [-0.2, -0.15) is 27.2 Å². The Morgan fingerprint density at radius 3 is 2.08 bits per heavy atom. The van der Waals surface area contributed by atoms with Gasteiger partial charge < -0.3 is 5.32 Å². The van der Waals surface area contributed by atoms with Gasteiger partial charge in [-0.3, -0.25) is 24.4 Å². The maximum atomic E-state index is 14.8. The number of anilines is 1. The summed E-state index contributed by atoms with van der Waals surface area (Å²) in [4.78, 5) is 29.2. The molecule has 2 aliphatic rings. The predicted molar refractivity (Wildman–Crippen MR) is 143 cm³/mol. The summed E-state index contributed by atoms with van der Waals surface area (Å²) >= 11 is 0. The number of likely N-dealkylation sites (tertiary alicyclic amines) is 1. The number of halogens is 13. The van der Waals surface area contributed by atoms with E-state index in [0.29, 0.717) is 12.3 Å². The summed E-state index contributed by atoms with van der Waals surface area (Å²) in [5.74, 6) is -16.3. The van der Waals surface area contributed by atoms with E-state index in [-0.39, 0.29) is 46.9 Å². The normalized spacial score (nSPS) is 22.6. The highest BCUT2D eigenvalue weighted by Crippen LogP contribution is 3.02. The van der Waals surface area contributed by atoms with Gasteiger partial charge in [0.25, 0.3) is 5.91 Å². The summed E-state index contributed by atoms with van der Waals surface area (Å²) in [6.45, 7) is -0.852. The fourth-order valence-electron chi connectivity index (χ4n) is 5.67. The van der Waals surface area contributed by atoms with Crippen molar-refractivity contribution in [3.05, 3.63) is 54.1 Å². The van der Waals surface area contributed by atoms with Gasteiger partial charge in [-0.25, -0.2) is 13.2 Å². The van der Waals surface area contributed by atoms with Gasteiger partial charge in [-0.05, 0) is 49.6 Å². The van der Waals surface area contributed by atoms with Crippen LogP contribution in [0.25, 0.3) is 0 Å². The Morgan fingerprint density at radius 1 is 1.00 bits per heavy atom. The molecule has 21 heteroatoms. The van der Waals surface area contributed by atoms with Crippen molar-refractivity contribution in [3.63, 3.8) is 0 Å². The van der Waals surface area contributed by atoms with Gasteiger partial charge in [0.15, 0.2) is 6.19 Å². The van der Waals surface area contributed by atoms with Gasteiger partial charge in [0.1, 0.15) is 22.8 Å². The molecule has 266 valence electrons. The largest absolute Gasteiger partial charge is 0.453 e. The molecule has 0 spiro atoms. The molecule has 4 rings (SSSR count). The first-order valence-corrected chi connectivity index (χ1v) is 15.8. The zero-order chi connectivity index (χ0) is 36.2. The number of carbonyl (C=O) groups is 2. The van der Waals surface area contributed by atoms with Crippen LogP contribution in [0.1, 0.15) is 43.7 Å². The monoisotopic (exact) mass is 729 g/mol. The highest BCUT2D eigenvalue weighted by molar-refractivity contribution is 8.45. The zero-order valence-electron chi connectivity index (χ0n) is 24.0. The lowest BCUT2D eigenvalue weighted by atomic mass is 9.90. The summed E-state index contributed by atoms with van der Waals surface area (Å²) in [6.07, 6.45) is -6.97. The molecule has 48 heavy (non-hydrogen) atoms. The van der Waals surface area contributed by atoms with Crippen LogP contribution in [0.4, 0.5) is 60.2 Å². The smallest absolute Gasteiger partial charge is 0.351 e. The minimum absolute atomic E-state index is 0.0676. The first-order valence-electron chi connectivity index (χ1n) is 13.8. The van der Waals surface area contributed by atoms with Crippen LogP contribution in [0.15, 0.2) is 47.6 Å². The van der Waals surface area contributed by atoms with Crippen LogP contribution in [0.2, 0.25) is 0 Å². The number of amides is 2. The van der Waals surface area contributed by atoms with Crippen molar-refractivity contribution in [2.45, 2.75) is 73.1 Å². The predicted octanol–water partition coefficient (Wildman–Crippen LogP) is 8.02. The van der Waals surface area contributed by atoms with Crippen LogP contribution in [0.3, 0.4) is 0 Å². The molecule has 2 aromatic rings. The average Bonchev–Trinajstić information content (AvgIpc) is 3.40. The van der Waals surface area contributed by atoms with E-state index in [2.05, 4.69) is 10.3 Å². The number of nitriles is 1.